The topological polar surface area (TPSA) is 114 Å². The van der Waals surface area contributed by atoms with Gasteiger partial charge in [0, 0.05) is 36.7 Å². The molecule has 0 N–H and O–H groups in total. The van der Waals surface area contributed by atoms with Crippen molar-refractivity contribution in [2.24, 2.45) is 10.1 Å². The van der Waals surface area contributed by atoms with Gasteiger partial charge < -0.3 is 0 Å². The average molecular weight is 367 g/mol. The maximum atomic E-state index is 11.0. The first-order valence-corrected chi connectivity index (χ1v) is 8.10. The van der Waals surface area contributed by atoms with E-state index in [4.69, 9.17) is 0 Å². The normalized spacial score (nSPS) is 14.7. The average Bonchev–Trinajstić information content (AvgIpc) is 2.89. The first kappa shape index (κ1) is 18.2. The van der Waals surface area contributed by atoms with Crippen molar-refractivity contribution in [3.8, 4) is 0 Å². The molecule has 0 fully saturated rings. The van der Waals surface area contributed by atoms with E-state index in [0.717, 1.165) is 5.56 Å². The number of rotatable bonds is 5. The summed E-state index contributed by atoms with van der Waals surface area (Å²) in [5, 5.41) is 27.7. The third-order valence-electron chi connectivity index (χ3n) is 4.53. The van der Waals surface area contributed by atoms with Crippen LogP contribution in [0.15, 0.2) is 52.6 Å². The first-order valence-electron chi connectivity index (χ1n) is 8.10. The maximum Gasteiger partial charge on any atom is 0.269 e. The van der Waals surface area contributed by atoms with Crippen molar-refractivity contribution >= 4 is 34.7 Å². The van der Waals surface area contributed by atoms with Gasteiger partial charge in [-0.05, 0) is 23.8 Å². The van der Waals surface area contributed by atoms with Crippen molar-refractivity contribution in [2.45, 2.75) is 19.3 Å². The summed E-state index contributed by atoms with van der Waals surface area (Å²) < 4.78 is 0. The van der Waals surface area contributed by atoms with Gasteiger partial charge >= 0.3 is 0 Å². The van der Waals surface area contributed by atoms with Gasteiger partial charge in [0.2, 0.25) is 0 Å². The summed E-state index contributed by atoms with van der Waals surface area (Å²) >= 11 is 0. The van der Waals surface area contributed by atoms with Gasteiger partial charge in [0.25, 0.3) is 11.4 Å². The molecule has 0 aliphatic carbocycles. The number of hydrogen-bond donors (Lipinski definition) is 0. The lowest BCUT2D eigenvalue weighted by Crippen LogP contribution is -2.27. The molecule has 0 aromatic heterocycles. The highest BCUT2D eigenvalue weighted by atomic mass is 16.6. The number of hydrazone groups is 1. The summed E-state index contributed by atoms with van der Waals surface area (Å²) in [6.07, 6.45) is 1.60. The summed E-state index contributed by atoms with van der Waals surface area (Å²) in [5.74, 6) is 0. The van der Waals surface area contributed by atoms with Gasteiger partial charge in [-0.25, -0.2) is 0 Å². The second-order valence-corrected chi connectivity index (χ2v) is 6.62. The molecule has 1 aliphatic heterocycles. The van der Waals surface area contributed by atoms with Crippen LogP contribution in [0, 0.1) is 20.2 Å². The van der Waals surface area contributed by atoms with Gasteiger partial charge in [0.05, 0.1) is 33.1 Å². The highest BCUT2D eigenvalue weighted by Gasteiger charge is 2.35. The van der Waals surface area contributed by atoms with Gasteiger partial charge in [-0.2, -0.15) is 5.10 Å². The molecule has 1 heterocycles. The van der Waals surface area contributed by atoms with Gasteiger partial charge in [0.15, 0.2) is 0 Å². The predicted molar refractivity (Wildman–Crippen MR) is 103 cm³/mol. The molecule has 138 valence electrons. The molecule has 0 amide bonds. The smallest absolute Gasteiger partial charge is 0.269 e. The van der Waals surface area contributed by atoms with Crippen LogP contribution in [0.4, 0.5) is 22.7 Å². The molecule has 0 bridgehead atoms. The van der Waals surface area contributed by atoms with Crippen LogP contribution < -0.4 is 5.01 Å². The Kier molecular flexibility index (Phi) is 4.44. The highest BCUT2D eigenvalue weighted by Crippen LogP contribution is 2.41. The third kappa shape index (κ3) is 3.39. The molecule has 2 aromatic rings. The van der Waals surface area contributed by atoms with E-state index in [1.54, 1.807) is 42.5 Å². The lowest BCUT2D eigenvalue weighted by atomic mass is 9.82. The fourth-order valence-electron chi connectivity index (χ4n) is 2.83. The molecule has 3 rings (SSSR count). The van der Waals surface area contributed by atoms with Gasteiger partial charge in [-0.1, -0.05) is 13.8 Å². The second-order valence-electron chi connectivity index (χ2n) is 6.62. The Morgan fingerprint density at radius 3 is 2.22 bits per heavy atom. The summed E-state index contributed by atoms with van der Waals surface area (Å²) in [7, 11) is 1.72. The summed E-state index contributed by atoms with van der Waals surface area (Å²) in [5.41, 5.74) is 2.32. The van der Waals surface area contributed by atoms with E-state index in [-0.39, 0.29) is 11.4 Å². The number of nitro benzene ring substituents is 2. The fourth-order valence-corrected chi connectivity index (χ4v) is 2.83. The zero-order valence-electron chi connectivity index (χ0n) is 15.0. The minimum absolute atomic E-state index is 0.00877. The molecule has 0 spiro atoms. The molecule has 0 saturated carbocycles. The Balaban J connectivity index is 1.82. The minimum atomic E-state index is -0.527. The standard InChI is InChI=1S/C18H17N5O4/c1-18(2)15-10-14(23(26)27)8-9-16(15)20-17(18)11-19-21(3)12-4-6-13(7-5-12)22(24)25/h4-11H,1-3H3/b19-11+. The highest BCUT2D eigenvalue weighted by molar-refractivity contribution is 6.36. The molecule has 9 heteroatoms. The maximum absolute atomic E-state index is 11.0. The van der Waals surface area contributed by atoms with E-state index in [1.807, 2.05) is 13.8 Å². The van der Waals surface area contributed by atoms with Crippen molar-refractivity contribution in [3.05, 3.63) is 68.3 Å². The summed E-state index contributed by atoms with van der Waals surface area (Å²) in [6, 6.07) is 10.6. The van der Waals surface area contributed by atoms with Crippen molar-refractivity contribution in [3.63, 3.8) is 0 Å². The molecular formula is C18H17N5O4. The van der Waals surface area contributed by atoms with E-state index < -0.39 is 15.3 Å². The van der Waals surface area contributed by atoms with Crippen LogP contribution in [0.3, 0.4) is 0 Å². The summed E-state index contributed by atoms with van der Waals surface area (Å²) in [4.78, 5) is 25.4. The number of nitrogens with zero attached hydrogens (tertiary/aromatic N) is 5. The lowest BCUT2D eigenvalue weighted by Gasteiger charge is -2.20. The van der Waals surface area contributed by atoms with Crippen LogP contribution in [0.1, 0.15) is 19.4 Å². The van der Waals surface area contributed by atoms with Crippen molar-refractivity contribution in [2.75, 3.05) is 12.1 Å². The molecule has 1 aliphatic rings. The molecule has 0 unspecified atom stereocenters. The number of non-ortho nitro benzene ring substituents is 2. The lowest BCUT2D eigenvalue weighted by molar-refractivity contribution is -0.385. The Hall–Kier alpha value is -3.62. The van der Waals surface area contributed by atoms with Crippen LogP contribution >= 0.6 is 0 Å². The van der Waals surface area contributed by atoms with Crippen molar-refractivity contribution in [1.29, 1.82) is 0 Å². The molecule has 2 aromatic carbocycles. The number of aliphatic imine (C=N–C) groups is 1. The van der Waals surface area contributed by atoms with Gasteiger partial charge in [-0.15, -0.1) is 0 Å². The number of hydrogen-bond acceptors (Lipinski definition) is 7. The van der Waals surface area contributed by atoms with E-state index in [1.165, 1.54) is 18.2 Å². The Bertz CT molecular complexity index is 980. The van der Waals surface area contributed by atoms with Gasteiger partial charge in [-0.3, -0.25) is 30.2 Å². The van der Waals surface area contributed by atoms with E-state index in [9.17, 15) is 20.2 Å². The largest absolute Gasteiger partial charge is 0.269 e. The molecule has 27 heavy (non-hydrogen) atoms. The number of benzene rings is 2. The second kappa shape index (κ2) is 6.60. The van der Waals surface area contributed by atoms with E-state index in [0.29, 0.717) is 17.1 Å². The van der Waals surface area contributed by atoms with E-state index >= 15 is 0 Å². The van der Waals surface area contributed by atoms with Crippen LogP contribution in [0.25, 0.3) is 0 Å². The monoisotopic (exact) mass is 367 g/mol. The molecule has 9 nitrogen and oxygen atoms in total. The molecule has 0 radical (unpaired) electrons. The number of fused-ring (bicyclic) bond motifs is 1. The molecule has 0 atom stereocenters. The first-order chi connectivity index (χ1) is 12.7. The van der Waals surface area contributed by atoms with Crippen molar-refractivity contribution < 1.29 is 9.85 Å². The zero-order chi connectivity index (χ0) is 19.8. The minimum Gasteiger partial charge on any atom is -0.269 e. The fraction of sp³-hybridized carbons (Fsp3) is 0.222. The predicted octanol–water partition coefficient (Wildman–Crippen LogP) is 3.99. The number of nitro groups is 2. The van der Waals surface area contributed by atoms with Crippen LogP contribution in [0.5, 0.6) is 0 Å². The Morgan fingerprint density at radius 1 is 1.04 bits per heavy atom. The quantitative estimate of drug-likeness (QED) is 0.450. The van der Waals surface area contributed by atoms with Crippen LogP contribution in [-0.2, 0) is 5.41 Å². The molecular weight excluding hydrogens is 350 g/mol. The number of anilines is 1. The Labute approximate surface area is 154 Å². The third-order valence-corrected chi connectivity index (χ3v) is 4.53. The SMILES string of the molecule is CN(/N=C/C1=Nc2ccc([N+](=O)[O-])cc2C1(C)C)c1ccc([N+](=O)[O-])cc1. The Morgan fingerprint density at radius 2 is 1.63 bits per heavy atom. The van der Waals surface area contributed by atoms with Crippen molar-refractivity contribution in [1.82, 2.24) is 0 Å². The van der Waals surface area contributed by atoms with Crippen LogP contribution in [0.2, 0.25) is 0 Å². The van der Waals surface area contributed by atoms with E-state index in [2.05, 4.69) is 10.1 Å². The zero-order valence-corrected chi connectivity index (χ0v) is 15.0. The molecule has 0 saturated heterocycles. The van der Waals surface area contributed by atoms with Crippen LogP contribution in [-0.4, -0.2) is 28.8 Å². The summed E-state index contributed by atoms with van der Waals surface area (Å²) in [6.45, 7) is 3.86. The van der Waals surface area contributed by atoms with Gasteiger partial charge in [0.1, 0.15) is 0 Å².